The Morgan fingerprint density at radius 2 is 1.78 bits per heavy atom. The van der Waals surface area contributed by atoms with Gasteiger partial charge >= 0.3 is 0 Å². The van der Waals surface area contributed by atoms with Crippen molar-refractivity contribution in [3.05, 3.63) is 0 Å². The molecule has 5 nitrogen and oxygen atoms in total. The van der Waals surface area contributed by atoms with Gasteiger partial charge in [0.25, 0.3) is 0 Å². The van der Waals surface area contributed by atoms with Gasteiger partial charge in [0.05, 0.1) is 6.10 Å². The minimum atomic E-state index is -0.766. The SMILES string of the molecule is CCOC1CC(N)(C(=O)N2CCC(N(C)C)CC2)C1(C)C.Cl.Cl. The molecule has 1 aliphatic carbocycles. The summed E-state index contributed by atoms with van der Waals surface area (Å²) in [4.78, 5) is 17.1. The number of nitrogens with zero attached hydrogens (tertiary/aromatic N) is 2. The fraction of sp³-hybridized carbons (Fsp3) is 0.938. The van der Waals surface area contributed by atoms with Crippen LogP contribution in [0.2, 0.25) is 0 Å². The molecule has 2 atom stereocenters. The number of hydrogen-bond acceptors (Lipinski definition) is 4. The van der Waals surface area contributed by atoms with E-state index in [0.29, 0.717) is 19.1 Å². The summed E-state index contributed by atoms with van der Waals surface area (Å²) >= 11 is 0. The lowest BCUT2D eigenvalue weighted by Gasteiger charge is -2.59. The van der Waals surface area contributed by atoms with Crippen molar-refractivity contribution in [1.29, 1.82) is 0 Å². The van der Waals surface area contributed by atoms with E-state index in [1.807, 2.05) is 11.8 Å². The summed E-state index contributed by atoms with van der Waals surface area (Å²) in [6, 6.07) is 0.577. The van der Waals surface area contributed by atoms with Gasteiger partial charge in [0.2, 0.25) is 5.91 Å². The second-order valence-electron chi connectivity index (χ2n) is 7.33. The van der Waals surface area contributed by atoms with Gasteiger partial charge in [-0.15, -0.1) is 24.8 Å². The fourth-order valence-electron chi connectivity index (χ4n) is 3.67. The van der Waals surface area contributed by atoms with Crippen molar-refractivity contribution >= 4 is 30.7 Å². The molecule has 23 heavy (non-hydrogen) atoms. The first kappa shape index (κ1) is 22.9. The van der Waals surface area contributed by atoms with Gasteiger partial charge in [0, 0.05) is 37.6 Å². The van der Waals surface area contributed by atoms with Crippen LogP contribution in [0.1, 0.15) is 40.0 Å². The number of nitrogens with two attached hydrogens (primary N) is 1. The maximum absolute atomic E-state index is 12.9. The van der Waals surface area contributed by atoms with E-state index >= 15 is 0 Å². The highest BCUT2D eigenvalue weighted by Gasteiger charge is 2.63. The summed E-state index contributed by atoms with van der Waals surface area (Å²) in [5.41, 5.74) is 5.43. The van der Waals surface area contributed by atoms with Crippen LogP contribution in [0.4, 0.5) is 0 Å². The molecule has 0 spiro atoms. The molecular formula is C16H33Cl2N3O2. The maximum atomic E-state index is 12.9. The number of piperidine rings is 1. The first-order valence-corrected chi connectivity index (χ1v) is 8.10. The topological polar surface area (TPSA) is 58.8 Å². The lowest BCUT2D eigenvalue weighted by atomic mass is 9.54. The third kappa shape index (κ3) is 3.96. The second kappa shape index (κ2) is 8.34. The average Bonchev–Trinajstić information content (AvgIpc) is 2.46. The van der Waals surface area contributed by atoms with Gasteiger partial charge in [-0.25, -0.2) is 0 Å². The van der Waals surface area contributed by atoms with Gasteiger partial charge in [0.1, 0.15) is 5.54 Å². The van der Waals surface area contributed by atoms with Crippen molar-refractivity contribution in [2.75, 3.05) is 33.8 Å². The van der Waals surface area contributed by atoms with Crippen molar-refractivity contribution in [3.8, 4) is 0 Å². The Balaban J connectivity index is 0.00000242. The zero-order valence-corrected chi connectivity index (χ0v) is 16.6. The summed E-state index contributed by atoms with van der Waals surface area (Å²) in [6.45, 7) is 8.40. The number of likely N-dealkylation sites (tertiary alicyclic amines) is 1. The first-order chi connectivity index (χ1) is 9.74. The number of carbonyl (C=O) groups is 1. The zero-order valence-electron chi connectivity index (χ0n) is 15.0. The minimum Gasteiger partial charge on any atom is -0.378 e. The molecule has 138 valence electrons. The Labute approximate surface area is 153 Å². The number of hydrogen-bond donors (Lipinski definition) is 1. The van der Waals surface area contributed by atoms with Crippen LogP contribution in [-0.2, 0) is 9.53 Å². The Kier molecular flexibility index (Phi) is 8.32. The van der Waals surface area contributed by atoms with Gasteiger partial charge in [-0.3, -0.25) is 4.79 Å². The van der Waals surface area contributed by atoms with Gasteiger partial charge in [-0.2, -0.15) is 0 Å². The summed E-state index contributed by atoms with van der Waals surface area (Å²) in [5, 5.41) is 0. The number of halogens is 2. The Morgan fingerprint density at radius 3 is 2.17 bits per heavy atom. The lowest BCUT2D eigenvalue weighted by Crippen LogP contribution is -2.76. The number of ether oxygens (including phenoxy) is 1. The van der Waals surface area contributed by atoms with Crippen molar-refractivity contribution in [3.63, 3.8) is 0 Å². The predicted molar refractivity (Wildman–Crippen MR) is 98.5 cm³/mol. The standard InChI is InChI=1S/C16H31N3O2.2ClH/c1-6-21-13-11-16(17,15(13,2)3)14(20)19-9-7-12(8-10-19)18(4)5;;/h12-13H,6-11,17H2,1-5H3;2*1H. The third-order valence-electron chi connectivity index (χ3n) is 5.69. The monoisotopic (exact) mass is 369 g/mol. The molecule has 2 rings (SSSR count). The molecule has 0 aromatic rings. The molecule has 0 radical (unpaired) electrons. The van der Waals surface area contributed by atoms with Gasteiger partial charge in [-0.05, 0) is 33.9 Å². The van der Waals surface area contributed by atoms with E-state index in [9.17, 15) is 4.79 Å². The molecule has 1 aliphatic heterocycles. The van der Waals surface area contributed by atoms with Crippen LogP contribution in [0, 0.1) is 5.41 Å². The molecule has 1 heterocycles. The van der Waals surface area contributed by atoms with E-state index in [1.54, 1.807) is 0 Å². The number of carbonyl (C=O) groups excluding carboxylic acids is 1. The van der Waals surface area contributed by atoms with Crippen molar-refractivity contribution in [2.24, 2.45) is 11.1 Å². The van der Waals surface area contributed by atoms with Crippen LogP contribution in [0.3, 0.4) is 0 Å². The van der Waals surface area contributed by atoms with Gasteiger partial charge in [0.15, 0.2) is 0 Å². The molecule has 0 aromatic carbocycles. The van der Waals surface area contributed by atoms with Gasteiger partial charge < -0.3 is 20.3 Å². The van der Waals surface area contributed by atoms with Gasteiger partial charge in [-0.1, -0.05) is 13.8 Å². The highest BCUT2D eigenvalue weighted by Crippen LogP contribution is 2.50. The molecule has 1 saturated carbocycles. The van der Waals surface area contributed by atoms with E-state index in [0.717, 1.165) is 25.9 Å². The lowest BCUT2D eigenvalue weighted by molar-refractivity contribution is -0.180. The Morgan fingerprint density at radius 1 is 1.26 bits per heavy atom. The summed E-state index contributed by atoms with van der Waals surface area (Å²) in [5.74, 6) is 0.112. The van der Waals surface area contributed by atoms with E-state index in [2.05, 4.69) is 32.8 Å². The van der Waals surface area contributed by atoms with Crippen LogP contribution in [0.15, 0.2) is 0 Å². The van der Waals surface area contributed by atoms with Crippen molar-refractivity contribution in [2.45, 2.75) is 57.7 Å². The van der Waals surface area contributed by atoms with Crippen molar-refractivity contribution in [1.82, 2.24) is 9.80 Å². The molecule has 0 bridgehead atoms. The van der Waals surface area contributed by atoms with Crippen molar-refractivity contribution < 1.29 is 9.53 Å². The van der Waals surface area contributed by atoms with Crippen LogP contribution >= 0.6 is 24.8 Å². The largest absolute Gasteiger partial charge is 0.378 e. The summed E-state index contributed by atoms with van der Waals surface area (Å²) in [7, 11) is 4.21. The molecular weight excluding hydrogens is 337 g/mol. The Hall–Kier alpha value is -0.0700. The molecule has 2 aliphatic rings. The highest BCUT2D eigenvalue weighted by atomic mass is 35.5. The van der Waals surface area contributed by atoms with Crippen LogP contribution < -0.4 is 5.73 Å². The van der Waals surface area contributed by atoms with Crippen LogP contribution in [0.5, 0.6) is 0 Å². The highest BCUT2D eigenvalue weighted by molar-refractivity contribution is 5.89. The average molecular weight is 370 g/mol. The zero-order chi connectivity index (χ0) is 15.8. The first-order valence-electron chi connectivity index (χ1n) is 8.10. The van der Waals surface area contributed by atoms with E-state index in [-0.39, 0.29) is 42.2 Å². The predicted octanol–water partition coefficient (Wildman–Crippen LogP) is 1.92. The summed E-state index contributed by atoms with van der Waals surface area (Å²) in [6.07, 6.45) is 2.80. The van der Waals surface area contributed by atoms with Crippen LogP contribution in [0.25, 0.3) is 0 Å². The molecule has 2 fully saturated rings. The molecule has 1 amide bonds. The quantitative estimate of drug-likeness (QED) is 0.822. The molecule has 2 unspecified atom stereocenters. The smallest absolute Gasteiger partial charge is 0.243 e. The number of amides is 1. The molecule has 2 N–H and O–H groups in total. The van der Waals surface area contributed by atoms with E-state index in [1.165, 1.54) is 0 Å². The second-order valence-corrected chi connectivity index (χ2v) is 7.33. The number of rotatable bonds is 4. The van der Waals surface area contributed by atoms with Crippen LogP contribution in [-0.4, -0.2) is 67.2 Å². The summed E-state index contributed by atoms with van der Waals surface area (Å²) < 4.78 is 5.72. The molecule has 1 saturated heterocycles. The normalized spacial score (nSPS) is 30.2. The Bertz CT molecular complexity index is 399. The van der Waals surface area contributed by atoms with E-state index < -0.39 is 5.54 Å². The fourth-order valence-corrected chi connectivity index (χ4v) is 3.67. The molecule has 7 heteroatoms. The third-order valence-corrected chi connectivity index (χ3v) is 5.69. The molecule has 0 aromatic heterocycles. The minimum absolute atomic E-state index is 0. The van der Waals surface area contributed by atoms with E-state index in [4.69, 9.17) is 10.5 Å². The maximum Gasteiger partial charge on any atom is 0.243 e.